The quantitative estimate of drug-likeness (QED) is 0.793. The normalized spacial score (nSPS) is 13.1. The lowest BCUT2D eigenvalue weighted by molar-refractivity contribution is -0.134. The standard InChI is InChI=1S/C19H19NO4/c1-23-17-6-7-18(16(10-17)12-21)24-13-19(22)20-9-8-14-4-2-3-5-15(14)11-20/h2-7,10,12H,8-9,11,13H2,1H3. The summed E-state index contributed by atoms with van der Waals surface area (Å²) in [4.78, 5) is 25.3. The number of carbonyl (C=O) groups excluding carboxylic acids is 2. The molecule has 5 nitrogen and oxygen atoms in total. The Morgan fingerprint density at radius 2 is 2.00 bits per heavy atom. The number of carbonyl (C=O) groups is 2. The summed E-state index contributed by atoms with van der Waals surface area (Å²) in [6.45, 7) is 1.19. The Labute approximate surface area is 140 Å². The third kappa shape index (κ3) is 3.40. The summed E-state index contributed by atoms with van der Waals surface area (Å²) in [6.07, 6.45) is 1.55. The minimum atomic E-state index is -0.0880. The number of nitrogens with zero attached hydrogens (tertiary/aromatic N) is 1. The Morgan fingerprint density at radius 1 is 1.21 bits per heavy atom. The van der Waals surface area contributed by atoms with Gasteiger partial charge in [0, 0.05) is 13.1 Å². The van der Waals surface area contributed by atoms with E-state index in [0.717, 1.165) is 6.42 Å². The number of amides is 1. The molecule has 3 rings (SSSR count). The van der Waals surface area contributed by atoms with Crippen LogP contribution in [0.4, 0.5) is 0 Å². The first-order valence-corrected chi connectivity index (χ1v) is 7.82. The summed E-state index contributed by atoms with van der Waals surface area (Å²) in [6, 6.07) is 13.1. The zero-order chi connectivity index (χ0) is 16.9. The number of benzene rings is 2. The van der Waals surface area contributed by atoms with E-state index in [1.54, 1.807) is 23.1 Å². The van der Waals surface area contributed by atoms with E-state index in [-0.39, 0.29) is 12.5 Å². The van der Waals surface area contributed by atoms with Gasteiger partial charge in [-0.1, -0.05) is 24.3 Å². The van der Waals surface area contributed by atoms with Crippen molar-refractivity contribution in [2.75, 3.05) is 20.3 Å². The highest BCUT2D eigenvalue weighted by Crippen LogP contribution is 2.23. The van der Waals surface area contributed by atoms with Crippen LogP contribution in [-0.4, -0.2) is 37.4 Å². The molecule has 2 aromatic carbocycles. The highest BCUT2D eigenvalue weighted by molar-refractivity contribution is 5.81. The van der Waals surface area contributed by atoms with E-state index in [2.05, 4.69) is 6.07 Å². The Kier molecular flexibility index (Phi) is 4.79. The topological polar surface area (TPSA) is 55.8 Å². The summed E-state index contributed by atoms with van der Waals surface area (Å²) in [5.74, 6) is 0.872. The molecule has 0 fully saturated rings. The van der Waals surface area contributed by atoms with Gasteiger partial charge in [-0.15, -0.1) is 0 Å². The first-order chi connectivity index (χ1) is 11.7. The van der Waals surface area contributed by atoms with Crippen LogP contribution in [0.15, 0.2) is 42.5 Å². The van der Waals surface area contributed by atoms with Crippen LogP contribution < -0.4 is 9.47 Å². The van der Waals surface area contributed by atoms with E-state index in [1.165, 1.54) is 18.2 Å². The Morgan fingerprint density at radius 3 is 2.75 bits per heavy atom. The highest BCUT2D eigenvalue weighted by atomic mass is 16.5. The second-order valence-electron chi connectivity index (χ2n) is 5.64. The molecule has 1 amide bonds. The van der Waals surface area contributed by atoms with Crippen molar-refractivity contribution in [1.29, 1.82) is 0 Å². The van der Waals surface area contributed by atoms with Crippen molar-refractivity contribution in [1.82, 2.24) is 4.90 Å². The fraction of sp³-hybridized carbons (Fsp3) is 0.263. The molecule has 0 aliphatic carbocycles. The molecule has 0 saturated heterocycles. The number of aldehydes is 1. The first-order valence-electron chi connectivity index (χ1n) is 7.82. The monoisotopic (exact) mass is 325 g/mol. The lowest BCUT2D eigenvalue weighted by Gasteiger charge is -2.28. The maximum atomic E-state index is 12.4. The molecule has 1 aliphatic heterocycles. The van der Waals surface area contributed by atoms with Crippen LogP contribution in [-0.2, 0) is 17.8 Å². The van der Waals surface area contributed by atoms with Crippen molar-refractivity contribution >= 4 is 12.2 Å². The molecule has 0 radical (unpaired) electrons. The van der Waals surface area contributed by atoms with Crippen molar-refractivity contribution in [3.05, 3.63) is 59.2 Å². The molecule has 5 heteroatoms. The molecule has 0 spiro atoms. The number of hydrogen-bond donors (Lipinski definition) is 0. The van der Waals surface area contributed by atoms with Gasteiger partial charge in [-0.3, -0.25) is 9.59 Å². The summed E-state index contributed by atoms with van der Waals surface area (Å²) in [5.41, 5.74) is 2.84. The maximum Gasteiger partial charge on any atom is 0.260 e. The minimum Gasteiger partial charge on any atom is -0.497 e. The Hall–Kier alpha value is -2.82. The van der Waals surface area contributed by atoms with E-state index in [1.807, 2.05) is 18.2 Å². The van der Waals surface area contributed by atoms with Gasteiger partial charge < -0.3 is 14.4 Å². The van der Waals surface area contributed by atoms with Gasteiger partial charge in [-0.05, 0) is 35.7 Å². The van der Waals surface area contributed by atoms with Crippen molar-refractivity contribution in [2.45, 2.75) is 13.0 Å². The second-order valence-corrected chi connectivity index (χ2v) is 5.64. The van der Waals surface area contributed by atoms with E-state index < -0.39 is 0 Å². The molecular weight excluding hydrogens is 306 g/mol. The van der Waals surface area contributed by atoms with Crippen molar-refractivity contribution in [3.8, 4) is 11.5 Å². The van der Waals surface area contributed by atoms with Gasteiger partial charge in [-0.25, -0.2) is 0 Å². The van der Waals surface area contributed by atoms with Crippen LogP contribution in [0, 0.1) is 0 Å². The SMILES string of the molecule is COc1ccc(OCC(=O)N2CCc3ccccc3C2)c(C=O)c1. The zero-order valence-electron chi connectivity index (χ0n) is 13.5. The number of fused-ring (bicyclic) bond motifs is 1. The molecule has 1 aliphatic rings. The molecule has 1 heterocycles. The average molecular weight is 325 g/mol. The van der Waals surface area contributed by atoms with Gasteiger partial charge in [0.25, 0.3) is 5.91 Å². The van der Waals surface area contributed by atoms with E-state index in [9.17, 15) is 9.59 Å². The molecule has 0 unspecified atom stereocenters. The summed E-state index contributed by atoms with van der Waals surface area (Å²) in [7, 11) is 1.53. The van der Waals surface area contributed by atoms with Gasteiger partial charge in [0.1, 0.15) is 11.5 Å². The largest absolute Gasteiger partial charge is 0.497 e. The first kappa shape index (κ1) is 16.1. The van der Waals surface area contributed by atoms with Crippen LogP contribution in [0.1, 0.15) is 21.5 Å². The maximum absolute atomic E-state index is 12.4. The number of hydrogen-bond acceptors (Lipinski definition) is 4. The number of methoxy groups -OCH3 is 1. The predicted octanol–water partition coefficient (Wildman–Crippen LogP) is 2.47. The summed E-state index contributed by atoms with van der Waals surface area (Å²) >= 11 is 0. The number of rotatable bonds is 5. The molecule has 24 heavy (non-hydrogen) atoms. The van der Waals surface area contributed by atoms with Gasteiger partial charge in [-0.2, -0.15) is 0 Å². The molecule has 2 aromatic rings. The fourth-order valence-electron chi connectivity index (χ4n) is 2.82. The van der Waals surface area contributed by atoms with Crippen LogP contribution in [0.3, 0.4) is 0 Å². The van der Waals surface area contributed by atoms with Crippen LogP contribution >= 0.6 is 0 Å². The molecule has 0 bridgehead atoms. The molecule has 0 aromatic heterocycles. The summed E-state index contributed by atoms with van der Waals surface area (Å²) < 4.78 is 10.6. The van der Waals surface area contributed by atoms with Gasteiger partial charge in [0.05, 0.1) is 12.7 Å². The average Bonchev–Trinajstić information content (AvgIpc) is 2.65. The summed E-state index contributed by atoms with van der Waals surface area (Å²) in [5, 5.41) is 0. The van der Waals surface area contributed by atoms with Crippen molar-refractivity contribution in [2.24, 2.45) is 0 Å². The van der Waals surface area contributed by atoms with Gasteiger partial charge in [0.2, 0.25) is 0 Å². The van der Waals surface area contributed by atoms with Crippen LogP contribution in [0.25, 0.3) is 0 Å². The molecular formula is C19H19NO4. The number of ether oxygens (including phenoxy) is 2. The van der Waals surface area contributed by atoms with Gasteiger partial charge >= 0.3 is 0 Å². The Balaban J connectivity index is 1.63. The zero-order valence-corrected chi connectivity index (χ0v) is 13.5. The third-order valence-corrected chi connectivity index (χ3v) is 4.18. The van der Waals surface area contributed by atoms with E-state index in [0.29, 0.717) is 36.4 Å². The Bertz CT molecular complexity index is 757. The van der Waals surface area contributed by atoms with Crippen molar-refractivity contribution in [3.63, 3.8) is 0 Å². The molecule has 0 N–H and O–H groups in total. The van der Waals surface area contributed by atoms with E-state index in [4.69, 9.17) is 9.47 Å². The minimum absolute atomic E-state index is 0.0860. The second kappa shape index (κ2) is 7.17. The van der Waals surface area contributed by atoms with Gasteiger partial charge in [0.15, 0.2) is 12.9 Å². The lowest BCUT2D eigenvalue weighted by atomic mass is 10.00. The predicted molar refractivity (Wildman–Crippen MR) is 89.4 cm³/mol. The molecule has 0 saturated carbocycles. The van der Waals surface area contributed by atoms with Crippen LogP contribution in [0.5, 0.6) is 11.5 Å². The molecule has 0 atom stereocenters. The smallest absolute Gasteiger partial charge is 0.260 e. The van der Waals surface area contributed by atoms with E-state index >= 15 is 0 Å². The highest BCUT2D eigenvalue weighted by Gasteiger charge is 2.21. The van der Waals surface area contributed by atoms with Crippen LogP contribution in [0.2, 0.25) is 0 Å². The van der Waals surface area contributed by atoms with Crippen molar-refractivity contribution < 1.29 is 19.1 Å². The molecule has 124 valence electrons. The third-order valence-electron chi connectivity index (χ3n) is 4.18. The lowest BCUT2D eigenvalue weighted by Crippen LogP contribution is -2.38. The fourth-order valence-corrected chi connectivity index (χ4v) is 2.82.